The average Bonchev–Trinajstić information content (AvgIpc) is 2.41. The number of carboxylic acids is 1. The van der Waals surface area contributed by atoms with Crippen LogP contribution in [0.2, 0.25) is 0 Å². The fourth-order valence-electron chi connectivity index (χ4n) is 1.84. The molecule has 0 aromatic rings. The SMILES string of the molecule is CC1CCCN(S(=O)(=O)C(C)C(=O)O)CC1. The number of rotatable bonds is 3. The second kappa shape index (κ2) is 5.14. The van der Waals surface area contributed by atoms with Crippen molar-refractivity contribution in [2.75, 3.05) is 13.1 Å². The summed E-state index contributed by atoms with van der Waals surface area (Å²) in [7, 11) is -3.67. The zero-order chi connectivity index (χ0) is 12.3. The number of carbonyl (C=O) groups is 1. The van der Waals surface area contributed by atoms with Crippen molar-refractivity contribution in [3.05, 3.63) is 0 Å². The van der Waals surface area contributed by atoms with Crippen LogP contribution in [0.15, 0.2) is 0 Å². The van der Waals surface area contributed by atoms with Crippen LogP contribution in [0.4, 0.5) is 0 Å². The van der Waals surface area contributed by atoms with Crippen LogP contribution in [0.5, 0.6) is 0 Å². The van der Waals surface area contributed by atoms with E-state index in [4.69, 9.17) is 5.11 Å². The summed E-state index contributed by atoms with van der Waals surface area (Å²) in [5, 5.41) is 7.42. The van der Waals surface area contributed by atoms with Crippen LogP contribution < -0.4 is 0 Å². The molecule has 1 rings (SSSR count). The van der Waals surface area contributed by atoms with Gasteiger partial charge < -0.3 is 5.11 Å². The van der Waals surface area contributed by atoms with Gasteiger partial charge in [0.1, 0.15) is 0 Å². The minimum atomic E-state index is -3.67. The van der Waals surface area contributed by atoms with Crippen LogP contribution in [-0.4, -0.2) is 42.1 Å². The maximum absolute atomic E-state index is 11.9. The molecule has 94 valence electrons. The molecule has 0 radical (unpaired) electrons. The number of nitrogens with zero attached hydrogens (tertiary/aromatic N) is 1. The lowest BCUT2D eigenvalue weighted by molar-refractivity contribution is -0.136. The van der Waals surface area contributed by atoms with E-state index < -0.39 is 21.2 Å². The summed E-state index contributed by atoms with van der Waals surface area (Å²) in [4.78, 5) is 10.7. The Morgan fingerprint density at radius 3 is 2.56 bits per heavy atom. The van der Waals surface area contributed by atoms with E-state index >= 15 is 0 Å². The van der Waals surface area contributed by atoms with Crippen molar-refractivity contribution in [2.45, 2.75) is 38.4 Å². The van der Waals surface area contributed by atoms with Crippen molar-refractivity contribution >= 4 is 16.0 Å². The first kappa shape index (κ1) is 13.4. The molecule has 0 bridgehead atoms. The van der Waals surface area contributed by atoms with E-state index in [1.807, 2.05) is 0 Å². The molecule has 2 unspecified atom stereocenters. The molecule has 5 nitrogen and oxygen atoms in total. The van der Waals surface area contributed by atoms with E-state index in [9.17, 15) is 13.2 Å². The van der Waals surface area contributed by atoms with Gasteiger partial charge in [-0.05, 0) is 32.1 Å². The summed E-state index contributed by atoms with van der Waals surface area (Å²) in [5.74, 6) is -0.766. The van der Waals surface area contributed by atoms with E-state index in [0.717, 1.165) is 19.3 Å². The molecule has 2 atom stereocenters. The van der Waals surface area contributed by atoms with Gasteiger partial charge in [-0.2, -0.15) is 0 Å². The summed E-state index contributed by atoms with van der Waals surface area (Å²) < 4.78 is 25.2. The fourth-order valence-corrected chi connectivity index (χ4v) is 3.29. The highest BCUT2D eigenvalue weighted by molar-refractivity contribution is 7.90. The number of carboxylic acid groups (broad SMARTS) is 1. The second-order valence-electron chi connectivity index (χ2n) is 4.46. The predicted octanol–water partition coefficient (Wildman–Crippen LogP) is 0.911. The minimum Gasteiger partial charge on any atom is -0.480 e. The Labute approximate surface area is 96.5 Å². The summed E-state index contributed by atoms with van der Waals surface area (Å²) in [6.07, 6.45) is 2.63. The molecule has 0 aliphatic carbocycles. The van der Waals surface area contributed by atoms with Gasteiger partial charge in [-0.25, -0.2) is 12.7 Å². The van der Waals surface area contributed by atoms with Gasteiger partial charge in [0, 0.05) is 13.1 Å². The first-order valence-electron chi connectivity index (χ1n) is 5.57. The van der Waals surface area contributed by atoms with Gasteiger partial charge in [-0.3, -0.25) is 4.79 Å². The molecule has 16 heavy (non-hydrogen) atoms. The van der Waals surface area contributed by atoms with E-state index in [1.165, 1.54) is 11.2 Å². The van der Waals surface area contributed by atoms with E-state index in [-0.39, 0.29) is 0 Å². The molecule has 1 N–H and O–H groups in total. The average molecular weight is 249 g/mol. The van der Waals surface area contributed by atoms with Gasteiger partial charge in [0.15, 0.2) is 5.25 Å². The Balaban J connectivity index is 2.79. The Bertz CT molecular complexity index is 352. The van der Waals surface area contributed by atoms with E-state index in [2.05, 4.69) is 6.92 Å². The Morgan fingerprint density at radius 1 is 1.38 bits per heavy atom. The maximum atomic E-state index is 11.9. The van der Waals surface area contributed by atoms with Crippen molar-refractivity contribution < 1.29 is 18.3 Å². The molecule has 0 spiro atoms. The molecule has 1 aliphatic rings. The summed E-state index contributed by atoms with van der Waals surface area (Å²) >= 11 is 0. The molecular weight excluding hydrogens is 230 g/mol. The first-order chi connectivity index (χ1) is 7.35. The quantitative estimate of drug-likeness (QED) is 0.806. The zero-order valence-electron chi connectivity index (χ0n) is 9.72. The molecule has 0 aromatic carbocycles. The van der Waals surface area contributed by atoms with Crippen LogP contribution in [0.25, 0.3) is 0 Å². The van der Waals surface area contributed by atoms with Crippen LogP contribution in [0, 0.1) is 5.92 Å². The fraction of sp³-hybridized carbons (Fsp3) is 0.900. The first-order valence-corrected chi connectivity index (χ1v) is 7.07. The molecule has 0 saturated carbocycles. The molecule has 1 aliphatic heterocycles. The van der Waals surface area contributed by atoms with Crippen LogP contribution >= 0.6 is 0 Å². The lowest BCUT2D eigenvalue weighted by atomic mass is 10.0. The highest BCUT2D eigenvalue weighted by atomic mass is 32.2. The van der Waals surface area contributed by atoms with Gasteiger partial charge >= 0.3 is 5.97 Å². The van der Waals surface area contributed by atoms with Crippen LogP contribution in [0.1, 0.15) is 33.1 Å². The van der Waals surface area contributed by atoms with Crippen LogP contribution in [-0.2, 0) is 14.8 Å². The monoisotopic (exact) mass is 249 g/mol. The molecule has 1 fully saturated rings. The minimum absolute atomic E-state index is 0.446. The summed E-state index contributed by atoms with van der Waals surface area (Å²) in [6, 6.07) is 0. The third-order valence-corrected chi connectivity index (χ3v) is 5.31. The van der Waals surface area contributed by atoms with Crippen molar-refractivity contribution in [3.8, 4) is 0 Å². The van der Waals surface area contributed by atoms with Gasteiger partial charge in [0.05, 0.1) is 0 Å². The Kier molecular flexibility index (Phi) is 4.32. The van der Waals surface area contributed by atoms with E-state index in [0.29, 0.717) is 19.0 Å². The number of hydrogen-bond acceptors (Lipinski definition) is 3. The highest BCUT2D eigenvalue weighted by Gasteiger charge is 2.34. The topological polar surface area (TPSA) is 74.7 Å². The summed E-state index contributed by atoms with van der Waals surface area (Å²) in [5.41, 5.74) is 0. The molecule has 6 heteroatoms. The second-order valence-corrected chi connectivity index (χ2v) is 6.71. The van der Waals surface area contributed by atoms with Gasteiger partial charge in [-0.1, -0.05) is 6.92 Å². The highest BCUT2D eigenvalue weighted by Crippen LogP contribution is 2.20. The van der Waals surface area contributed by atoms with Gasteiger partial charge in [0.2, 0.25) is 10.0 Å². The van der Waals surface area contributed by atoms with Crippen LogP contribution in [0.3, 0.4) is 0 Å². The lowest BCUT2D eigenvalue weighted by Gasteiger charge is -2.22. The van der Waals surface area contributed by atoms with Gasteiger partial charge in [0.25, 0.3) is 0 Å². The lowest BCUT2D eigenvalue weighted by Crippen LogP contribution is -2.41. The maximum Gasteiger partial charge on any atom is 0.323 e. The van der Waals surface area contributed by atoms with Crippen molar-refractivity contribution in [3.63, 3.8) is 0 Å². The van der Waals surface area contributed by atoms with Crippen molar-refractivity contribution in [2.24, 2.45) is 5.92 Å². The smallest absolute Gasteiger partial charge is 0.323 e. The Morgan fingerprint density at radius 2 is 2.00 bits per heavy atom. The standard InChI is InChI=1S/C10H19NO4S/c1-8-4-3-6-11(7-5-8)16(14,15)9(2)10(12)13/h8-9H,3-7H2,1-2H3,(H,12,13). The number of hydrogen-bond donors (Lipinski definition) is 1. The van der Waals surface area contributed by atoms with Crippen molar-refractivity contribution in [1.82, 2.24) is 4.31 Å². The largest absolute Gasteiger partial charge is 0.480 e. The molecular formula is C10H19NO4S. The normalized spacial score (nSPS) is 26.0. The third-order valence-electron chi connectivity index (χ3n) is 3.13. The van der Waals surface area contributed by atoms with Gasteiger partial charge in [-0.15, -0.1) is 0 Å². The summed E-state index contributed by atoms with van der Waals surface area (Å²) in [6.45, 7) is 4.22. The number of aliphatic carboxylic acids is 1. The van der Waals surface area contributed by atoms with Crippen molar-refractivity contribution in [1.29, 1.82) is 0 Å². The Hall–Kier alpha value is -0.620. The molecule has 1 heterocycles. The number of sulfonamides is 1. The molecule has 1 saturated heterocycles. The molecule has 0 amide bonds. The zero-order valence-corrected chi connectivity index (χ0v) is 10.5. The van der Waals surface area contributed by atoms with E-state index in [1.54, 1.807) is 0 Å². The predicted molar refractivity (Wildman–Crippen MR) is 60.6 cm³/mol. The molecule has 0 aromatic heterocycles. The third kappa shape index (κ3) is 2.95.